The van der Waals surface area contributed by atoms with Gasteiger partial charge in [0.25, 0.3) is 0 Å². The highest BCUT2D eigenvalue weighted by Crippen LogP contribution is 2.22. The molecule has 6 heteroatoms. The Bertz CT molecular complexity index is 610. The summed E-state index contributed by atoms with van der Waals surface area (Å²) in [5.41, 5.74) is 0.545. The second-order valence-corrected chi connectivity index (χ2v) is 4.58. The van der Waals surface area contributed by atoms with Crippen molar-refractivity contribution in [1.29, 1.82) is 0 Å². The van der Waals surface area contributed by atoms with Gasteiger partial charge in [-0.25, -0.2) is 9.13 Å². The number of nitrogens with zero attached hydrogens (tertiary/aromatic N) is 2. The van der Waals surface area contributed by atoms with Crippen LogP contribution in [-0.4, -0.2) is 10.4 Å². The Kier molecular flexibility index (Phi) is 5.79. The number of carbonyl (C=O) groups excluding carboxylic acids is 1. The molecule has 1 heterocycles. The third-order valence-corrected chi connectivity index (χ3v) is 3.23. The first kappa shape index (κ1) is 16.0. The van der Waals surface area contributed by atoms with Crippen LogP contribution in [0.25, 0.3) is 6.20 Å². The molecule has 0 saturated heterocycles. The van der Waals surface area contributed by atoms with Crippen LogP contribution in [0.15, 0.2) is 43.5 Å². The third kappa shape index (κ3) is 3.93. The molecule has 0 radical (unpaired) electrons. The van der Waals surface area contributed by atoms with E-state index < -0.39 is 0 Å². The molecule has 0 saturated carbocycles. The monoisotopic (exact) mass is 360 g/mol. The minimum absolute atomic E-state index is 0. The molecule has 2 aromatic rings. The van der Waals surface area contributed by atoms with Gasteiger partial charge in [-0.3, -0.25) is 4.79 Å². The highest BCUT2D eigenvalue weighted by Gasteiger charge is 2.12. The number of imidazole rings is 1. The van der Waals surface area contributed by atoms with Crippen LogP contribution in [0.1, 0.15) is 10.4 Å². The normalized spacial score (nSPS) is 9.79. The Hall–Kier alpha value is -1.10. The van der Waals surface area contributed by atoms with Gasteiger partial charge in [0.05, 0.1) is 16.2 Å². The lowest BCUT2D eigenvalue weighted by Gasteiger charge is -2.00. The minimum Gasteiger partial charge on any atom is -1.00 e. The SMILES string of the molecule is C=Cn1cc[n+](CC(=O)c2ccc(Cl)c(Cl)c2)c1.[Br-]. The number of rotatable bonds is 4. The standard InChI is InChI=1S/C13H11Cl2N2O.BrH/c1-2-16-5-6-17(9-16)8-13(18)10-3-4-11(14)12(15)7-10;/h2-7,9H,1,8H2;1H/q+1;/p-1. The van der Waals surface area contributed by atoms with Crippen LogP contribution in [0.2, 0.25) is 10.0 Å². The van der Waals surface area contributed by atoms with Crippen molar-refractivity contribution < 1.29 is 26.3 Å². The van der Waals surface area contributed by atoms with Gasteiger partial charge in [-0.05, 0) is 18.2 Å². The van der Waals surface area contributed by atoms with Gasteiger partial charge in [0.1, 0.15) is 12.4 Å². The molecule has 1 aromatic heterocycles. The van der Waals surface area contributed by atoms with Gasteiger partial charge in [-0.1, -0.05) is 29.8 Å². The molecule has 0 N–H and O–H groups in total. The van der Waals surface area contributed by atoms with Gasteiger partial charge in [-0.15, -0.1) is 0 Å². The number of benzene rings is 1. The molecule has 3 nitrogen and oxygen atoms in total. The Morgan fingerprint density at radius 3 is 2.68 bits per heavy atom. The van der Waals surface area contributed by atoms with E-state index in [2.05, 4.69) is 6.58 Å². The van der Waals surface area contributed by atoms with Gasteiger partial charge < -0.3 is 17.0 Å². The van der Waals surface area contributed by atoms with Crippen molar-refractivity contribution in [3.63, 3.8) is 0 Å². The number of halogens is 3. The van der Waals surface area contributed by atoms with Crippen LogP contribution in [0.3, 0.4) is 0 Å². The maximum atomic E-state index is 12.0. The number of Topliss-reactive ketones (excluding diaryl/α,β-unsaturated/α-hetero) is 1. The lowest BCUT2D eigenvalue weighted by atomic mass is 10.1. The van der Waals surface area contributed by atoms with Crippen molar-refractivity contribution in [3.05, 3.63) is 59.1 Å². The highest BCUT2D eigenvalue weighted by molar-refractivity contribution is 6.42. The zero-order chi connectivity index (χ0) is 13.1. The molecule has 100 valence electrons. The van der Waals surface area contributed by atoms with E-state index in [1.165, 1.54) is 0 Å². The summed E-state index contributed by atoms with van der Waals surface area (Å²) in [7, 11) is 0. The number of ketones is 1. The third-order valence-electron chi connectivity index (χ3n) is 2.49. The molecular weight excluding hydrogens is 351 g/mol. The number of hydrogen-bond donors (Lipinski definition) is 0. The molecule has 0 aliphatic carbocycles. The summed E-state index contributed by atoms with van der Waals surface area (Å²) < 4.78 is 3.54. The zero-order valence-corrected chi connectivity index (χ0v) is 13.0. The molecule has 0 atom stereocenters. The van der Waals surface area contributed by atoms with E-state index in [0.29, 0.717) is 15.6 Å². The second-order valence-electron chi connectivity index (χ2n) is 3.77. The summed E-state index contributed by atoms with van der Waals surface area (Å²) in [6, 6.07) is 4.87. The number of aromatic nitrogens is 2. The van der Waals surface area contributed by atoms with Crippen molar-refractivity contribution in [2.24, 2.45) is 0 Å². The zero-order valence-electron chi connectivity index (χ0n) is 9.89. The number of carbonyl (C=O) groups is 1. The second kappa shape index (κ2) is 6.89. The van der Waals surface area contributed by atoms with Gasteiger partial charge in [0.15, 0.2) is 6.54 Å². The van der Waals surface area contributed by atoms with Gasteiger partial charge in [0.2, 0.25) is 12.1 Å². The van der Waals surface area contributed by atoms with Gasteiger partial charge >= 0.3 is 0 Å². The average molecular weight is 362 g/mol. The highest BCUT2D eigenvalue weighted by atomic mass is 79.9. The molecule has 0 aliphatic heterocycles. The molecule has 0 spiro atoms. The Morgan fingerprint density at radius 2 is 2.11 bits per heavy atom. The van der Waals surface area contributed by atoms with Crippen molar-refractivity contribution >= 4 is 35.2 Å². The lowest BCUT2D eigenvalue weighted by Crippen LogP contribution is -3.00. The van der Waals surface area contributed by atoms with Crippen molar-refractivity contribution in [1.82, 2.24) is 4.57 Å². The van der Waals surface area contributed by atoms with E-state index in [0.717, 1.165) is 0 Å². The Balaban J connectivity index is 0.00000180. The maximum Gasteiger partial charge on any atom is 0.248 e. The predicted molar refractivity (Wildman–Crippen MR) is 71.8 cm³/mol. The van der Waals surface area contributed by atoms with Crippen molar-refractivity contribution in [3.8, 4) is 0 Å². The van der Waals surface area contributed by atoms with E-state index in [1.54, 1.807) is 46.1 Å². The summed E-state index contributed by atoms with van der Waals surface area (Å²) >= 11 is 11.7. The van der Waals surface area contributed by atoms with Crippen LogP contribution < -0.4 is 21.5 Å². The molecule has 0 aliphatic rings. The van der Waals surface area contributed by atoms with Crippen molar-refractivity contribution in [2.75, 3.05) is 0 Å². The van der Waals surface area contributed by atoms with E-state index in [9.17, 15) is 4.79 Å². The van der Waals surface area contributed by atoms with Crippen LogP contribution in [0.5, 0.6) is 0 Å². The fourth-order valence-electron chi connectivity index (χ4n) is 1.54. The van der Waals surface area contributed by atoms with E-state index >= 15 is 0 Å². The van der Waals surface area contributed by atoms with Crippen LogP contribution in [0.4, 0.5) is 0 Å². The molecule has 0 amide bonds. The largest absolute Gasteiger partial charge is 1.00 e. The summed E-state index contributed by atoms with van der Waals surface area (Å²) in [4.78, 5) is 12.0. The summed E-state index contributed by atoms with van der Waals surface area (Å²) in [6.07, 6.45) is 7.05. The first-order valence-corrected chi connectivity index (χ1v) is 6.03. The van der Waals surface area contributed by atoms with Crippen LogP contribution in [-0.2, 0) is 6.54 Å². The topological polar surface area (TPSA) is 25.9 Å². The molecule has 19 heavy (non-hydrogen) atoms. The molecular formula is C13H11BrCl2N2O. The minimum atomic E-state index is -0.0274. The summed E-state index contributed by atoms with van der Waals surface area (Å²) in [5, 5.41) is 0.829. The summed E-state index contributed by atoms with van der Waals surface area (Å²) in [5.74, 6) is -0.0274. The molecule has 1 aromatic carbocycles. The number of hydrogen-bond acceptors (Lipinski definition) is 1. The van der Waals surface area contributed by atoms with E-state index in [4.69, 9.17) is 23.2 Å². The first-order chi connectivity index (χ1) is 8.60. The molecule has 2 rings (SSSR count). The van der Waals surface area contributed by atoms with Gasteiger partial charge in [0, 0.05) is 5.56 Å². The Morgan fingerprint density at radius 1 is 1.37 bits per heavy atom. The van der Waals surface area contributed by atoms with E-state index in [-0.39, 0.29) is 29.3 Å². The maximum absolute atomic E-state index is 12.0. The summed E-state index contributed by atoms with van der Waals surface area (Å²) in [6.45, 7) is 3.88. The fraction of sp³-hybridized carbons (Fsp3) is 0.0769. The van der Waals surface area contributed by atoms with Crippen LogP contribution in [0, 0.1) is 0 Å². The molecule has 0 unspecified atom stereocenters. The van der Waals surface area contributed by atoms with Crippen LogP contribution >= 0.6 is 23.2 Å². The lowest BCUT2D eigenvalue weighted by molar-refractivity contribution is -0.682. The Labute approximate surface area is 131 Å². The van der Waals surface area contributed by atoms with Gasteiger partial charge in [-0.2, -0.15) is 0 Å². The fourth-order valence-corrected chi connectivity index (χ4v) is 1.84. The predicted octanol–water partition coefficient (Wildman–Crippen LogP) is 0.0698. The first-order valence-electron chi connectivity index (χ1n) is 5.27. The quantitative estimate of drug-likeness (QED) is 0.559. The van der Waals surface area contributed by atoms with E-state index in [1.807, 2.05) is 6.20 Å². The molecule has 0 bridgehead atoms. The van der Waals surface area contributed by atoms with Crippen molar-refractivity contribution in [2.45, 2.75) is 6.54 Å². The smallest absolute Gasteiger partial charge is 0.248 e. The average Bonchev–Trinajstić information content (AvgIpc) is 2.80. The molecule has 0 fully saturated rings.